The van der Waals surface area contributed by atoms with Crippen molar-refractivity contribution >= 4 is 8.07 Å². The maximum Gasteiger partial charge on any atom is 0.104 e. The molecule has 0 aromatic rings. The van der Waals surface area contributed by atoms with Crippen LogP contribution in [0.15, 0.2) is 11.8 Å². The quantitative estimate of drug-likeness (QED) is 0.507. The van der Waals surface area contributed by atoms with Gasteiger partial charge in [0.2, 0.25) is 0 Å². The van der Waals surface area contributed by atoms with Gasteiger partial charge in [0.1, 0.15) is 8.07 Å². The molecule has 1 fully saturated rings. The molecule has 2 heteroatoms. The molecule has 1 unspecified atom stereocenters. The molecule has 1 heterocycles. The Balaban J connectivity index is 2.38. The van der Waals surface area contributed by atoms with Crippen molar-refractivity contribution in [1.29, 1.82) is 0 Å². The Bertz CT molecular complexity index is 193. The van der Waals surface area contributed by atoms with Gasteiger partial charge in [-0.05, 0) is 25.7 Å². The molecule has 1 atom stereocenters. The smallest absolute Gasteiger partial charge is 0.104 e. The third-order valence-corrected chi connectivity index (χ3v) is 6.49. The third kappa shape index (κ3) is 4.52. The lowest BCUT2D eigenvalue weighted by Gasteiger charge is -2.33. The van der Waals surface area contributed by atoms with Crippen LogP contribution in [0.25, 0.3) is 0 Å². The fourth-order valence-corrected chi connectivity index (χ4v) is 4.63. The second kappa shape index (κ2) is 6.49. The van der Waals surface area contributed by atoms with E-state index in [9.17, 15) is 0 Å². The van der Waals surface area contributed by atoms with E-state index in [1.807, 2.05) is 0 Å². The van der Waals surface area contributed by atoms with Gasteiger partial charge in [0, 0.05) is 6.61 Å². The molecule has 1 rings (SSSR count). The normalized spacial score (nSPS) is 23.5. The largest absolute Gasteiger partial charge is 0.381 e. The van der Waals surface area contributed by atoms with E-state index in [2.05, 4.69) is 31.8 Å². The van der Waals surface area contributed by atoms with Crippen LogP contribution < -0.4 is 0 Å². The third-order valence-electron chi connectivity index (χ3n) is 3.28. The summed E-state index contributed by atoms with van der Waals surface area (Å²) in [7, 11) is -1.26. The molecule has 0 saturated carbocycles. The first-order valence-corrected chi connectivity index (χ1v) is 9.61. The Kier molecular flexibility index (Phi) is 5.62. The monoisotopic (exact) mass is 226 g/mol. The van der Waals surface area contributed by atoms with Crippen molar-refractivity contribution in [2.24, 2.45) is 0 Å². The van der Waals surface area contributed by atoms with E-state index in [-0.39, 0.29) is 0 Å². The SMILES string of the molecule is CCCCC=C[Si](C)(C)C1CCCCO1. The van der Waals surface area contributed by atoms with Gasteiger partial charge in [0.05, 0.1) is 5.73 Å². The predicted octanol–water partition coefficient (Wildman–Crippen LogP) is 4.09. The highest BCUT2D eigenvalue weighted by Gasteiger charge is 2.31. The summed E-state index contributed by atoms with van der Waals surface area (Å²) in [4.78, 5) is 0. The molecule has 0 aromatic heterocycles. The Morgan fingerprint density at radius 3 is 2.73 bits per heavy atom. The maximum absolute atomic E-state index is 5.91. The summed E-state index contributed by atoms with van der Waals surface area (Å²) in [6, 6.07) is 0. The molecule has 0 bridgehead atoms. The van der Waals surface area contributed by atoms with E-state index >= 15 is 0 Å². The number of unbranched alkanes of at least 4 members (excludes halogenated alkanes) is 2. The molecule has 15 heavy (non-hydrogen) atoms. The Labute approximate surface area is 95.9 Å². The molecule has 1 nitrogen and oxygen atoms in total. The van der Waals surface area contributed by atoms with Crippen LogP contribution in [0.5, 0.6) is 0 Å². The van der Waals surface area contributed by atoms with Crippen molar-refractivity contribution in [2.75, 3.05) is 6.61 Å². The average molecular weight is 226 g/mol. The molecule has 1 aliphatic rings. The van der Waals surface area contributed by atoms with E-state index in [4.69, 9.17) is 4.74 Å². The molecule has 0 radical (unpaired) electrons. The molecule has 88 valence electrons. The van der Waals surface area contributed by atoms with Crippen LogP contribution in [0.3, 0.4) is 0 Å². The first-order chi connectivity index (χ1) is 7.17. The molecule has 0 aliphatic carbocycles. The summed E-state index contributed by atoms with van der Waals surface area (Å²) < 4.78 is 5.91. The highest BCUT2D eigenvalue weighted by molar-refractivity contribution is 6.83. The zero-order valence-electron chi connectivity index (χ0n) is 10.6. The van der Waals surface area contributed by atoms with E-state index in [0.717, 1.165) is 6.61 Å². The van der Waals surface area contributed by atoms with E-state index < -0.39 is 8.07 Å². The van der Waals surface area contributed by atoms with Gasteiger partial charge in [-0.3, -0.25) is 0 Å². The Hall–Kier alpha value is -0.0831. The second-order valence-electron chi connectivity index (χ2n) is 5.22. The number of allylic oxidation sites excluding steroid dienone is 1. The summed E-state index contributed by atoms with van der Waals surface area (Å²) in [5, 5.41) is 0. The molecule has 0 aromatic carbocycles. The van der Waals surface area contributed by atoms with Gasteiger partial charge in [0.15, 0.2) is 0 Å². The first-order valence-electron chi connectivity index (χ1n) is 6.46. The summed E-state index contributed by atoms with van der Waals surface area (Å²) >= 11 is 0. The minimum absolute atomic E-state index is 0.573. The highest BCUT2D eigenvalue weighted by Crippen LogP contribution is 2.23. The van der Waals surface area contributed by atoms with Crippen LogP contribution in [0, 0.1) is 0 Å². The van der Waals surface area contributed by atoms with Crippen molar-refractivity contribution in [2.45, 2.75) is 64.3 Å². The first kappa shape index (κ1) is 13.0. The van der Waals surface area contributed by atoms with Gasteiger partial charge in [-0.15, -0.1) is 0 Å². The maximum atomic E-state index is 5.91. The zero-order valence-corrected chi connectivity index (χ0v) is 11.6. The number of hydrogen-bond acceptors (Lipinski definition) is 1. The molecule has 0 spiro atoms. The van der Waals surface area contributed by atoms with Gasteiger partial charge in [-0.2, -0.15) is 0 Å². The van der Waals surface area contributed by atoms with Gasteiger partial charge < -0.3 is 4.74 Å². The van der Waals surface area contributed by atoms with Gasteiger partial charge in [0.25, 0.3) is 0 Å². The zero-order chi connectivity index (χ0) is 11.1. The summed E-state index contributed by atoms with van der Waals surface area (Å²) in [5.41, 5.74) is 3.07. The summed E-state index contributed by atoms with van der Waals surface area (Å²) in [5.74, 6) is 0. The van der Waals surface area contributed by atoms with Crippen LogP contribution in [0.1, 0.15) is 45.4 Å². The van der Waals surface area contributed by atoms with Crippen molar-refractivity contribution in [1.82, 2.24) is 0 Å². The van der Waals surface area contributed by atoms with E-state index in [0.29, 0.717) is 5.73 Å². The Morgan fingerprint density at radius 1 is 1.33 bits per heavy atom. The fraction of sp³-hybridized carbons (Fsp3) is 0.846. The summed E-state index contributed by atoms with van der Waals surface area (Å²) in [6.45, 7) is 8.11. The van der Waals surface area contributed by atoms with Crippen molar-refractivity contribution < 1.29 is 4.74 Å². The number of hydrogen-bond donors (Lipinski definition) is 0. The fourth-order valence-electron chi connectivity index (χ4n) is 2.14. The minimum Gasteiger partial charge on any atom is -0.381 e. The topological polar surface area (TPSA) is 9.23 Å². The van der Waals surface area contributed by atoms with Crippen LogP contribution in [0.2, 0.25) is 13.1 Å². The lowest BCUT2D eigenvalue weighted by Crippen LogP contribution is -2.43. The average Bonchev–Trinajstić information content (AvgIpc) is 2.26. The van der Waals surface area contributed by atoms with Gasteiger partial charge >= 0.3 is 0 Å². The van der Waals surface area contributed by atoms with Crippen LogP contribution in [-0.4, -0.2) is 20.4 Å². The standard InChI is InChI=1S/C13H26OSi/c1-4-5-6-9-12-15(2,3)13-10-7-8-11-14-13/h9,12-13H,4-8,10-11H2,1-3H3. The minimum atomic E-state index is -1.26. The molecule has 0 N–H and O–H groups in total. The Morgan fingerprint density at radius 2 is 2.13 bits per heavy atom. The molecule has 1 aliphatic heterocycles. The second-order valence-corrected chi connectivity index (χ2v) is 9.84. The number of ether oxygens (including phenoxy) is 1. The van der Waals surface area contributed by atoms with Crippen molar-refractivity contribution in [3.8, 4) is 0 Å². The lowest BCUT2D eigenvalue weighted by atomic mass is 10.2. The van der Waals surface area contributed by atoms with Gasteiger partial charge in [-0.25, -0.2) is 0 Å². The number of rotatable bonds is 5. The van der Waals surface area contributed by atoms with Crippen LogP contribution >= 0.6 is 0 Å². The molecular formula is C13H26OSi. The van der Waals surface area contributed by atoms with E-state index in [1.54, 1.807) is 0 Å². The highest BCUT2D eigenvalue weighted by atomic mass is 28.3. The predicted molar refractivity (Wildman–Crippen MR) is 69.7 cm³/mol. The molecule has 1 saturated heterocycles. The van der Waals surface area contributed by atoms with Gasteiger partial charge in [-0.1, -0.05) is 44.6 Å². The van der Waals surface area contributed by atoms with Crippen molar-refractivity contribution in [3.63, 3.8) is 0 Å². The lowest BCUT2D eigenvalue weighted by molar-refractivity contribution is 0.0610. The summed E-state index contributed by atoms with van der Waals surface area (Å²) in [6.07, 6.45) is 10.2. The molecular weight excluding hydrogens is 200 g/mol. The van der Waals surface area contributed by atoms with Crippen molar-refractivity contribution in [3.05, 3.63) is 11.8 Å². The van der Waals surface area contributed by atoms with Crippen LogP contribution in [-0.2, 0) is 4.74 Å². The van der Waals surface area contributed by atoms with Crippen LogP contribution in [0.4, 0.5) is 0 Å². The molecule has 0 amide bonds. The van der Waals surface area contributed by atoms with E-state index in [1.165, 1.54) is 38.5 Å².